The van der Waals surface area contributed by atoms with E-state index in [4.69, 9.17) is 11.6 Å². The van der Waals surface area contributed by atoms with Gasteiger partial charge in [-0.15, -0.1) is 0 Å². The maximum atomic E-state index is 9.54. The van der Waals surface area contributed by atoms with E-state index in [-0.39, 0.29) is 19.3 Å². The molecule has 5 heteroatoms. The zero-order chi connectivity index (χ0) is 23.8. The summed E-state index contributed by atoms with van der Waals surface area (Å²) >= 11 is 5.96. The van der Waals surface area contributed by atoms with Gasteiger partial charge in [0, 0.05) is 35.4 Å². The highest BCUT2D eigenvalue weighted by Crippen LogP contribution is 2.30. The quantitative estimate of drug-likeness (QED) is 0.436. The number of pyridine rings is 1. The number of rotatable bonds is 9. The van der Waals surface area contributed by atoms with Crippen molar-refractivity contribution in [3.05, 3.63) is 94.8 Å². The van der Waals surface area contributed by atoms with Crippen molar-refractivity contribution < 1.29 is 10.2 Å². The van der Waals surface area contributed by atoms with Crippen molar-refractivity contribution in [3.63, 3.8) is 0 Å². The second-order valence-electron chi connectivity index (χ2n) is 8.63. The molecule has 0 aliphatic heterocycles. The highest BCUT2D eigenvalue weighted by atomic mass is 35.5. The maximum Gasteiger partial charge on any atom is 0.113 e. The van der Waals surface area contributed by atoms with Crippen LogP contribution in [0.4, 0.5) is 0 Å². The van der Waals surface area contributed by atoms with E-state index in [0.29, 0.717) is 17.5 Å². The van der Waals surface area contributed by atoms with Crippen LogP contribution in [0.5, 0.6) is 0 Å². The van der Waals surface area contributed by atoms with Gasteiger partial charge in [0.15, 0.2) is 0 Å². The summed E-state index contributed by atoms with van der Waals surface area (Å²) in [5, 5.41) is 19.8. The van der Waals surface area contributed by atoms with E-state index in [0.717, 1.165) is 34.5 Å². The minimum Gasteiger partial charge on any atom is -0.395 e. The number of nitrogens with zero attached hydrogens (tertiary/aromatic N) is 2. The van der Waals surface area contributed by atoms with Crippen LogP contribution in [0.25, 0.3) is 17.2 Å². The largest absolute Gasteiger partial charge is 0.395 e. The second kappa shape index (κ2) is 12.0. The van der Waals surface area contributed by atoms with Gasteiger partial charge in [0.2, 0.25) is 0 Å². The van der Waals surface area contributed by atoms with Crippen molar-refractivity contribution in [2.24, 2.45) is 5.92 Å². The number of benzene rings is 2. The summed E-state index contributed by atoms with van der Waals surface area (Å²) < 4.78 is 0. The molecule has 1 heterocycles. The predicted molar refractivity (Wildman–Crippen MR) is 138 cm³/mol. The average Bonchev–Trinajstić information content (AvgIpc) is 3.69. The van der Waals surface area contributed by atoms with Crippen molar-refractivity contribution in [2.75, 3.05) is 26.3 Å². The van der Waals surface area contributed by atoms with Gasteiger partial charge in [-0.3, -0.25) is 4.90 Å². The third-order valence-electron chi connectivity index (χ3n) is 5.96. The van der Waals surface area contributed by atoms with Gasteiger partial charge >= 0.3 is 0 Å². The normalized spacial score (nSPS) is 13.4. The molecular formula is C29H29ClN2O2. The summed E-state index contributed by atoms with van der Waals surface area (Å²) in [6.45, 7) is 1.59. The average molecular weight is 473 g/mol. The molecule has 174 valence electrons. The number of hydrogen-bond donors (Lipinski definition) is 2. The van der Waals surface area contributed by atoms with Crippen molar-refractivity contribution in [1.82, 2.24) is 9.88 Å². The van der Waals surface area contributed by atoms with E-state index >= 15 is 0 Å². The summed E-state index contributed by atoms with van der Waals surface area (Å²) in [5.41, 5.74) is 4.83. The van der Waals surface area contributed by atoms with E-state index in [1.807, 2.05) is 66.9 Å². The Morgan fingerprint density at radius 3 is 2.26 bits per heavy atom. The Bertz CT molecular complexity index is 1140. The van der Waals surface area contributed by atoms with Gasteiger partial charge in [-0.2, -0.15) is 0 Å². The van der Waals surface area contributed by atoms with Crippen LogP contribution < -0.4 is 0 Å². The number of aromatic nitrogens is 1. The molecule has 1 aliphatic rings. The Hall–Kier alpha value is -2.94. The molecule has 0 amide bonds. The number of aliphatic hydroxyl groups is 2. The first-order valence-electron chi connectivity index (χ1n) is 11.6. The third kappa shape index (κ3) is 7.03. The Morgan fingerprint density at radius 1 is 0.941 bits per heavy atom. The molecular weight excluding hydrogens is 444 g/mol. The van der Waals surface area contributed by atoms with Crippen LogP contribution in [-0.2, 0) is 0 Å². The summed E-state index contributed by atoms with van der Waals surface area (Å²) in [7, 11) is 0. The van der Waals surface area contributed by atoms with E-state index in [1.54, 1.807) is 0 Å². The molecule has 1 aromatic heterocycles. The molecule has 1 saturated carbocycles. The molecule has 3 aromatic rings. The van der Waals surface area contributed by atoms with Gasteiger partial charge < -0.3 is 10.2 Å². The van der Waals surface area contributed by atoms with Crippen molar-refractivity contribution in [3.8, 4) is 23.0 Å². The molecule has 4 rings (SSSR count). The van der Waals surface area contributed by atoms with Crippen LogP contribution in [0.1, 0.15) is 29.7 Å². The number of hydrogen-bond acceptors (Lipinski definition) is 4. The summed E-state index contributed by atoms with van der Waals surface area (Å²) in [6.07, 6.45) is 8.47. The second-order valence-corrected chi connectivity index (χ2v) is 9.07. The minimum atomic E-state index is -0.197. The molecule has 4 nitrogen and oxygen atoms in total. The summed E-state index contributed by atoms with van der Waals surface area (Å²) in [4.78, 5) is 6.63. The molecule has 1 fully saturated rings. The van der Waals surface area contributed by atoms with Gasteiger partial charge in [-0.05, 0) is 66.1 Å². The van der Waals surface area contributed by atoms with Gasteiger partial charge in [0.25, 0.3) is 0 Å². The summed E-state index contributed by atoms with van der Waals surface area (Å²) in [6, 6.07) is 19.5. The Labute approximate surface area is 206 Å². The van der Waals surface area contributed by atoms with Gasteiger partial charge in [-0.25, -0.2) is 4.98 Å². The molecule has 0 saturated heterocycles. The van der Waals surface area contributed by atoms with Crippen molar-refractivity contribution in [1.29, 1.82) is 0 Å². The topological polar surface area (TPSA) is 56.6 Å². The van der Waals surface area contributed by atoms with Gasteiger partial charge in [0.1, 0.15) is 5.69 Å². The zero-order valence-corrected chi connectivity index (χ0v) is 19.8. The fourth-order valence-electron chi connectivity index (χ4n) is 3.71. The highest BCUT2D eigenvalue weighted by molar-refractivity contribution is 6.30. The molecule has 0 atom stereocenters. The van der Waals surface area contributed by atoms with E-state index < -0.39 is 0 Å². The van der Waals surface area contributed by atoms with Gasteiger partial charge in [-0.1, -0.05) is 60.0 Å². The minimum absolute atomic E-state index is 0.0247. The fourth-order valence-corrected chi connectivity index (χ4v) is 3.84. The Morgan fingerprint density at radius 2 is 1.65 bits per heavy atom. The highest BCUT2D eigenvalue weighted by Gasteiger charge is 2.27. The SMILES string of the molecule is OCC(CO)N(C/C=C/c1ccc(C#Cc2ccc(-c3ccc(Cl)cc3)cn2)cc1)CC1CC1. The zero-order valence-electron chi connectivity index (χ0n) is 19.1. The van der Waals surface area contributed by atoms with E-state index in [2.05, 4.69) is 33.9 Å². The van der Waals surface area contributed by atoms with Crippen LogP contribution in [0, 0.1) is 17.8 Å². The standard InChI is InChI=1S/C29H29ClN2O2/c30-27-13-10-25(11-14-27)26-12-16-28(31-18-26)15-9-23-5-3-22(4-6-23)2-1-17-32(19-24-7-8-24)29(20-33)21-34/h1-6,10-14,16,18,24,29,33-34H,7-8,17,19-21H2/b2-1+. The smallest absolute Gasteiger partial charge is 0.113 e. The lowest BCUT2D eigenvalue weighted by Gasteiger charge is -2.28. The molecule has 1 aliphatic carbocycles. The monoisotopic (exact) mass is 472 g/mol. The first kappa shape index (κ1) is 24.2. The lowest BCUT2D eigenvalue weighted by molar-refractivity contribution is 0.0788. The van der Waals surface area contributed by atoms with Crippen LogP contribution >= 0.6 is 11.6 Å². The summed E-state index contributed by atoms with van der Waals surface area (Å²) in [5.74, 6) is 7.00. The lowest BCUT2D eigenvalue weighted by atomic mass is 10.1. The third-order valence-corrected chi connectivity index (χ3v) is 6.22. The van der Waals surface area contributed by atoms with Crippen LogP contribution in [0.3, 0.4) is 0 Å². The lowest BCUT2D eigenvalue weighted by Crippen LogP contribution is -2.42. The first-order valence-corrected chi connectivity index (χ1v) is 12.0. The Kier molecular flexibility index (Phi) is 8.51. The van der Waals surface area contributed by atoms with Crippen LogP contribution in [-0.4, -0.2) is 52.4 Å². The first-order chi connectivity index (χ1) is 16.6. The number of halogens is 1. The maximum absolute atomic E-state index is 9.54. The molecule has 0 bridgehead atoms. The van der Waals surface area contributed by atoms with Gasteiger partial charge in [0.05, 0.1) is 19.3 Å². The fraction of sp³-hybridized carbons (Fsp3) is 0.276. The molecule has 0 radical (unpaired) electrons. The predicted octanol–water partition coefficient (Wildman–Crippen LogP) is 4.88. The van der Waals surface area contributed by atoms with Crippen molar-refractivity contribution in [2.45, 2.75) is 18.9 Å². The molecule has 34 heavy (non-hydrogen) atoms. The van der Waals surface area contributed by atoms with Crippen molar-refractivity contribution >= 4 is 17.7 Å². The molecule has 2 aromatic carbocycles. The van der Waals surface area contributed by atoms with Crippen LogP contribution in [0.15, 0.2) is 72.9 Å². The Balaban J connectivity index is 1.34. The van der Waals surface area contributed by atoms with Crippen LogP contribution in [0.2, 0.25) is 5.02 Å². The molecule has 0 unspecified atom stereocenters. The van der Waals surface area contributed by atoms with E-state index in [9.17, 15) is 10.2 Å². The molecule has 0 spiro atoms. The molecule has 2 N–H and O–H groups in total. The number of aliphatic hydroxyl groups excluding tert-OH is 2. The van der Waals surface area contributed by atoms with E-state index in [1.165, 1.54) is 12.8 Å².